The van der Waals surface area contributed by atoms with E-state index in [4.69, 9.17) is 0 Å². The zero-order valence-corrected chi connectivity index (χ0v) is 8.95. The quantitative estimate of drug-likeness (QED) is 0.823. The zero-order chi connectivity index (χ0) is 9.97. The van der Waals surface area contributed by atoms with Gasteiger partial charge in [-0.2, -0.15) is 11.3 Å². The van der Waals surface area contributed by atoms with Crippen molar-refractivity contribution in [2.45, 2.75) is 6.04 Å². The number of rotatable bonds is 3. The molecule has 1 atom stereocenters. The Morgan fingerprint density at radius 3 is 2.93 bits per heavy atom. The Kier molecular flexibility index (Phi) is 2.60. The number of nitrogens with zero attached hydrogens (tertiary/aromatic N) is 3. The summed E-state index contributed by atoms with van der Waals surface area (Å²) in [4.78, 5) is 0. The molecule has 4 nitrogen and oxygen atoms in total. The maximum Gasteiger partial charge on any atom is 0.0798 e. The van der Waals surface area contributed by atoms with Crippen LogP contribution in [0.2, 0.25) is 0 Å². The molecule has 0 aliphatic carbocycles. The highest BCUT2D eigenvalue weighted by Crippen LogP contribution is 2.22. The standard InChI is InChI=1S/C9H12N4S/c1-10-9(7-3-4-14-6-7)8-5-11-12-13(8)2/h3-6,9-10H,1-2H3. The largest absolute Gasteiger partial charge is 0.308 e. The summed E-state index contributed by atoms with van der Waals surface area (Å²) in [6.07, 6.45) is 1.79. The van der Waals surface area contributed by atoms with E-state index in [2.05, 4.69) is 32.5 Å². The molecule has 0 fully saturated rings. The predicted molar refractivity (Wildman–Crippen MR) is 56.2 cm³/mol. The van der Waals surface area contributed by atoms with Crippen LogP contribution in [0, 0.1) is 0 Å². The molecule has 0 aliphatic rings. The third-order valence-corrected chi connectivity index (χ3v) is 2.91. The molecule has 1 unspecified atom stereocenters. The summed E-state index contributed by atoms with van der Waals surface area (Å²) in [5.74, 6) is 0. The fraction of sp³-hybridized carbons (Fsp3) is 0.333. The van der Waals surface area contributed by atoms with Crippen LogP contribution in [0.15, 0.2) is 23.0 Å². The van der Waals surface area contributed by atoms with Gasteiger partial charge in [0.1, 0.15) is 0 Å². The number of aromatic nitrogens is 3. The smallest absolute Gasteiger partial charge is 0.0798 e. The first-order chi connectivity index (χ1) is 6.83. The lowest BCUT2D eigenvalue weighted by atomic mass is 10.1. The first-order valence-electron chi connectivity index (χ1n) is 4.37. The van der Waals surface area contributed by atoms with Crippen molar-refractivity contribution in [2.75, 3.05) is 7.05 Å². The topological polar surface area (TPSA) is 42.7 Å². The number of hydrogen-bond acceptors (Lipinski definition) is 4. The van der Waals surface area contributed by atoms with Crippen LogP contribution < -0.4 is 5.32 Å². The molecule has 0 bridgehead atoms. The number of hydrogen-bond donors (Lipinski definition) is 1. The van der Waals surface area contributed by atoms with Crippen LogP contribution in [0.4, 0.5) is 0 Å². The molecule has 1 N–H and O–H groups in total. The second-order valence-corrected chi connectivity index (χ2v) is 3.84. The molecule has 0 saturated carbocycles. The third-order valence-electron chi connectivity index (χ3n) is 2.21. The van der Waals surface area contributed by atoms with E-state index in [1.807, 2.05) is 14.1 Å². The Labute approximate surface area is 86.6 Å². The van der Waals surface area contributed by atoms with Gasteiger partial charge >= 0.3 is 0 Å². The second-order valence-electron chi connectivity index (χ2n) is 3.06. The van der Waals surface area contributed by atoms with Crippen molar-refractivity contribution in [3.8, 4) is 0 Å². The maximum absolute atomic E-state index is 3.93. The molecule has 0 radical (unpaired) electrons. The SMILES string of the molecule is CNC(c1ccsc1)c1cnnn1C. The van der Waals surface area contributed by atoms with Crippen molar-refractivity contribution in [1.82, 2.24) is 20.3 Å². The van der Waals surface area contributed by atoms with Gasteiger partial charge in [0.25, 0.3) is 0 Å². The van der Waals surface area contributed by atoms with Gasteiger partial charge in [-0.3, -0.25) is 4.68 Å². The highest BCUT2D eigenvalue weighted by atomic mass is 32.1. The van der Waals surface area contributed by atoms with Crippen molar-refractivity contribution in [3.63, 3.8) is 0 Å². The molecule has 0 aromatic carbocycles. The normalized spacial score (nSPS) is 13.0. The molecule has 0 aliphatic heterocycles. The molecular weight excluding hydrogens is 196 g/mol. The van der Waals surface area contributed by atoms with Crippen LogP contribution >= 0.6 is 11.3 Å². The molecule has 2 rings (SSSR count). The second kappa shape index (κ2) is 3.89. The molecule has 74 valence electrons. The number of aryl methyl sites for hydroxylation is 1. The van der Waals surface area contributed by atoms with Crippen molar-refractivity contribution in [3.05, 3.63) is 34.3 Å². The zero-order valence-electron chi connectivity index (χ0n) is 8.14. The number of thiophene rings is 1. The minimum Gasteiger partial charge on any atom is -0.308 e. The Balaban J connectivity index is 2.36. The van der Waals surface area contributed by atoms with Crippen molar-refractivity contribution in [1.29, 1.82) is 0 Å². The van der Waals surface area contributed by atoms with Crippen LogP contribution in [0.1, 0.15) is 17.3 Å². The summed E-state index contributed by atoms with van der Waals surface area (Å²) in [5.41, 5.74) is 2.33. The highest BCUT2D eigenvalue weighted by Gasteiger charge is 2.15. The van der Waals surface area contributed by atoms with Gasteiger partial charge in [0.05, 0.1) is 17.9 Å². The Morgan fingerprint density at radius 1 is 1.57 bits per heavy atom. The molecule has 2 heterocycles. The van der Waals surface area contributed by atoms with Crippen LogP contribution in [-0.2, 0) is 7.05 Å². The predicted octanol–water partition coefficient (Wildman–Crippen LogP) is 1.19. The fourth-order valence-corrected chi connectivity index (χ4v) is 2.17. The first-order valence-corrected chi connectivity index (χ1v) is 5.31. The fourth-order valence-electron chi connectivity index (χ4n) is 1.48. The van der Waals surface area contributed by atoms with Gasteiger partial charge in [-0.15, -0.1) is 5.10 Å². The molecule has 0 amide bonds. The molecule has 2 aromatic rings. The van der Waals surface area contributed by atoms with Crippen molar-refractivity contribution in [2.24, 2.45) is 7.05 Å². The summed E-state index contributed by atoms with van der Waals surface area (Å²) < 4.78 is 1.79. The first kappa shape index (κ1) is 9.36. The average Bonchev–Trinajstić information content (AvgIpc) is 2.80. The lowest BCUT2D eigenvalue weighted by Crippen LogP contribution is -2.19. The van der Waals surface area contributed by atoms with E-state index in [-0.39, 0.29) is 6.04 Å². The molecule has 5 heteroatoms. The maximum atomic E-state index is 3.93. The van der Waals surface area contributed by atoms with E-state index in [0.29, 0.717) is 0 Å². The summed E-state index contributed by atoms with van der Waals surface area (Å²) in [5, 5.41) is 15.3. The summed E-state index contributed by atoms with van der Waals surface area (Å²) in [7, 11) is 3.84. The molecule has 0 spiro atoms. The van der Waals surface area contributed by atoms with Crippen LogP contribution in [-0.4, -0.2) is 22.0 Å². The van der Waals surface area contributed by atoms with Gasteiger partial charge < -0.3 is 5.32 Å². The molecule has 14 heavy (non-hydrogen) atoms. The van der Waals surface area contributed by atoms with Crippen LogP contribution in [0.5, 0.6) is 0 Å². The summed E-state index contributed by atoms with van der Waals surface area (Å²) in [6.45, 7) is 0. The van der Waals surface area contributed by atoms with E-state index in [1.165, 1.54) is 5.56 Å². The van der Waals surface area contributed by atoms with Crippen molar-refractivity contribution < 1.29 is 0 Å². The van der Waals surface area contributed by atoms with Gasteiger partial charge in [0, 0.05) is 7.05 Å². The molecular formula is C9H12N4S. The van der Waals surface area contributed by atoms with Gasteiger partial charge in [-0.05, 0) is 29.4 Å². The summed E-state index contributed by atoms with van der Waals surface area (Å²) in [6, 6.07) is 2.29. The highest BCUT2D eigenvalue weighted by molar-refractivity contribution is 7.08. The van der Waals surface area contributed by atoms with Gasteiger partial charge in [0.2, 0.25) is 0 Å². The lowest BCUT2D eigenvalue weighted by Gasteiger charge is -2.13. The monoisotopic (exact) mass is 208 g/mol. The van der Waals surface area contributed by atoms with Crippen LogP contribution in [0.25, 0.3) is 0 Å². The summed E-state index contributed by atoms with van der Waals surface area (Å²) >= 11 is 1.70. The molecule has 2 aromatic heterocycles. The van der Waals surface area contributed by atoms with E-state index in [0.717, 1.165) is 5.69 Å². The van der Waals surface area contributed by atoms with Crippen molar-refractivity contribution >= 4 is 11.3 Å². The third kappa shape index (κ3) is 1.56. The Hall–Kier alpha value is -1.20. The average molecular weight is 208 g/mol. The van der Waals surface area contributed by atoms with E-state index < -0.39 is 0 Å². The van der Waals surface area contributed by atoms with Gasteiger partial charge in [-0.1, -0.05) is 5.21 Å². The minimum atomic E-state index is 0.182. The van der Waals surface area contributed by atoms with Gasteiger partial charge in [-0.25, -0.2) is 0 Å². The van der Waals surface area contributed by atoms with E-state index >= 15 is 0 Å². The minimum absolute atomic E-state index is 0.182. The van der Waals surface area contributed by atoms with Crippen LogP contribution in [0.3, 0.4) is 0 Å². The lowest BCUT2D eigenvalue weighted by molar-refractivity contribution is 0.599. The van der Waals surface area contributed by atoms with E-state index in [9.17, 15) is 0 Å². The van der Waals surface area contributed by atoms with E-state index in [1.54, 1.807) is 22.2 Å². The molecule has 0 saturated heterocycles. The van der Waals surface area contributed by atoms with Gasteiger partial charge in [0.15, 0.2) is 0 Å². The Morgan fingerprint density at radius 2 is 2.43 bits per heavy atom. The number of nitrogens with one attached hydrogen (secondary N) is 1. The Bertz CT molecular complexity index is 393.